The van der Waals surface area contributed by atoms with Gasteiger partial charge in [0.25, 0.3) is 0 Å². The number of esters is 1. The highest BCUT2D eigenvalue weighted by atomic mass is 16.5. The lowest BCUT2D eigenvalue weighted by molar-refractivity contribution is -0.207. The first-order valence-electron chi connectivity index (χ1n) is 19.5. The van der Waals surface area contributed by atoms with E-state index < -0.39 is 23.0 Å². The molecule has 13 heteroatoms. The van der Waals surface area contributed by atoms with Gasteiger partial charge < -0.3 is 29.9 Å². The lowest BCUT2D eigenvalue weighted by Crippen LogP contribution is -2.63. The van der Waals surface area contributed by atoms with Gasteiger partial charge in [-0.2, -0.15) is 0 Å². The number of nitrogens with zero attached hydrogens (tertiary/aromatic N) is 7. The second-order valence-corrected chi connectivity index (χ2v) is 17.1. The molecule has 2 aromatic rings. The Balaban J connectivity index is 0.963. The average molecular weight is 719 g/mol. The first-order valence-corrected chi connectivity index (χ1v) is 19.5. The molecule has 284 valence electrons. The van der Waals surface area contributed by atoms with Crippen LogP contribution in [0, 0.1) is 34.0 Å². The standard InChI is InChI=1S/C39H58N8O5/c1-6-37(4)21-29(38(5)25(2)7-12-39(26(3)34(37)51)13-8-28(48)33(38)39)52-31(50)22-44-17-19-45(20-18-44)30(49)11-16-47-24-43-32-35(41-23-42-36(32)47)46-14-9-27(40)10-15-46/h6,23-27,29,33-34,51H,1,7-22,40H2,2-5H3/t25-,26+,29-,33-,34+,37-,38+,39+/m1/s1. The van der Waals surface area contributed by atoms with E-state index in [0.29, 0.717) is 52.0 Å². The first-order chi connectivity index (χ1) is 24.8. The number of aromatic nitrogens is 4. The van der Waals surface area contributed by atoms with Gasteiger partial charge in [-0.3, -0.25) is 19.3 Å². The normalized spacial score (nSPS) is 36.0. The van der Waals surface area contributed by atoms with Crippen LogP contribution in [0.5, 0.6) is 0 Å². The van der Waals surface area contributed by atoms with Crippen LogP contribution in [0.15, 0.2) is 25.3 Å². The zero-order valence-electron chi connectivity index (χ0n) is 31.5. The Hall–Kier alpha value is -3.42. The van der Waals surface area contributed by atoms with Crippen LogP contribution in [-0.2, 0) is 25.7 Å². The zero-order valence-corrected chi connectivity index (χ0v) is 31.5. The zero-order chi connectivity index (χ0) is 37.0. The van der Waals surface area contributed by atoms with E-state index in [1.54, 1.807) is 12.7 Å². The summed E-state index contributed by atoms with van der Waals surface area (Å²) in [5.41, 5.74) is 6.04. The Morgan fingerprint density at radius 3 is 2.50 bits per heavy atom. The highest BCUT2D eigenvalue weighted by Crippen LogP contribution is 2.68. The Labute approximate surface area is 307 Å². The molecule has 3 N–H and O–H groups in total. The molecule has 0 radical (unpaired) electrons. The number of piperazine rings is 1. The molecule has 0 aromatic carbocycles. The van der Waals surface area contributed by atoms with Crippen molar-refractivity contribution in [2.45, 2.75) is 104 Å². The molecule has 2 aromatic heterocycles. The van der Waals surface area contributed by atoms with Crippen molar-refractivity contribution in [2.24, 2.45) is 39.7 Å². The number of nitrogens with two attached hydrogens (primary N) is 1. The first kappa shape index (κ1) is 36.9. The van der Waals surface area contributed by atoms with Gasteiger partial charge in [-0.1, -0.05) is 33.8 Å². The summed E-state index contributed by atoms with van der Waals surface area (Å²) in [7, 11) is 0. The molecular formula is C39H58N8O5. The summed E-state index contributed by atoms with van der Waals surface area (Å²) >= 11 is 0. The van der Waals surface area contributed by atoms with Gasteiger partial charge >= 0.3 is 5.97 Å². The van der Waals surface area contributed by atoms with Gasteiger partial charge in [0.2, 0.25) is 5.91 Å². The lowest BCUT2D eigenvalue weighted by Gasteiger charge is -2.61. The number of Topliss-reactive ketones (excluding diaryl/α,β-unsaturated/α-hetero) is 1. The van der Waals surface area contributed by atoms with Gasteiger partial charge in [-0.15, -0.1) is 6.58 Å². The Morgan fingerprint density at radius 2 is 1.79 bits per heavy atom. The molecule has 1 amide bonds. The monoisotopic (exact) mass is 718 g/mol. The van der Waals surface area contributed by atoms with Crippen molar-refractivity contribution in [1.82, 2.24) is 29.3 Å². The van der Waals surface area contributed by atoms with Gasteiger partial charge in [-0.05, 0) is 55.8 Å². The second-order valence-electron chi connectivity index (χ2n) is 17.1. The average Bonchev–Trinajstić information content (AvgIpc) is 3.73. The van der Waals surface area contributed by atoms with Gasteiger partial charge in [0.05, 0.1) is 19.0 Å². The molecule has 7 rings (SSSR count). The minimum absolute atomic E-state index is 0.0540. The largest absolute Gasteiger partial charge is 0.461 e. The van der Waals surface area contributed by atoms with Crippen LogP contribution in [0.1, 0.15) is 79.1 Å². The van der Waals surface area contributed by atoms with E-state index in [1.807, 2.05) is 27.4 Å². The molecule has 4 heterocycles. The number of ketones is 1. The van der Waals surface area contributed by atoms with Gasteiger partial charge in [0, 0.05) is 81.4 Å². The van der Waals surface area contributed by atoms with E-state index in [9.17, 15) is 19.5 Å². The fourth-order valence-electron chi connectivity index (χ4n) is 10.8. The number of ether oxygens (including phenoxy) is 1. The number of amides is 1. The highest BCUT2D eigenvalue weighted by Gasteiger charge is 2.68. The van der Waals surface area contributed by atoms with Crippen molar-refractivity contribution in [3.8, 4) is 0 Å². The fourth-order valence-corrected chi connectivity index (χ4v) is 10.8. The lowest BCUT2D eigenvalue weighted by atomic mass is 9.44. The van der Waals surface area contributed by atoms with Crippen molar-refractivity contribution in [3.05, 3.63) is 25.3 Å². The smallest absolute Gasteiger partial charge is 0.320 e. The molecule has 5 fully saturated rings. The number of imidazole rings is 1. The maximum absolute atomic E-state index is 13.8. The maximum atomic E-state index is 13.8. The molecule has 52 heavy (non-hydrogen) atoms. The van der Waals surface area contributed by atoms with Crippen molar-refractivity contribution in [3.63, 3.8) is 0 Å². The molecule has 0 spiro atoms. The van der Waals surface area contributed by atoms with E-state index in [-0.39, 0.29) is 53.4 Å². The molecule has 2 bridgehead atoms. The van der Waals surface area contributed by atoms with Gasteiger partial charge in [-0.25, -0.2) is 15.0 Å². The number of carbonyl (C=O) groups excluding carboxylic acids is 3. The third-order valence-electron chi connectivity index (χ3n) is 14.4. The summed E-state index contributed by atoms with van der Waals surface area (Å²) in [4.78, 5) is 60.5. The van der Waals surface area contributed by atoms with E-state index in [0.717, 1.165) is 62.2 Å². The Bertz CT molecular complexity index is 1680. The van der Waals surface area contributed by atoms with Gasteiger partial charge in [0.15, 0.2) is 17.0 Å². The van der Waals surface area contributed by atoms with Crippen molar-refractivity contribution in [1.29, 1.82) is 0 Å². The summed E-state index contributed by atoms with van der Waals surface area (Å²) in [6.45, 7) is 17.0. The Kier molecular flexibility index (Phi) is 10.0. The number of aliphatic hydroxyl groups excluding tert-OH is 1. The summed E-state index contributed by atoms with van der Waals surface area (Å²) in [6, 6.07) is 0.220. The molecule has 13 nitrogen and oxygen atoms in total. The number of hydrogen-bond acceptors (Lipinski definition) is 11. The third-order valence-corrected chi connectivity index (χ3v) is 14.4. The number of aliphatic hydroxyl groups is 1. The molecule has 0 unspecified atom stereocenters. The number of anilines is 1. The summed E-state index contributed by atoms with van der Waals surface area (Å²) in [5, 5.41) is 11.8. The topological polar surface area (TPSA) is 160 Å². The van der Waals surface area contributed by atoms with Crippen LogP contribution in [0.25, 0.3) is 11.2 Å². The minimum atomic E-state index is -0.694. The SMILES string of the molecule is C=C[C@]1(C)C[C@@H](OC(=O)CN2CCN(C(=O)CCn3cnc4c(N5CCC(N)CC5)ncnc43)CC2)[C@]2(C)[C@H](C)CC[C@]3(CCC(=O)[C@@H]32)[C@@H](C)[C@@H]1O. The third kappa shape index (κ3) is 6.24. The predicted molar refractivity (Wildman–Crippen MR) is 197 cm³/mol. The second kappa shape index (κ2) is 14.1. The fraction of sp³-hybridized carbons (Fsp3) is 0.744. The number of fused-ring (bicyclic) bond motifs is 1. The van der Waals surface area contributed by atoms with E-state index >= 15 is 0 Å². The summed E-state index contributed by atoms with van der Waals surface area (Å²) in [5.74, 6) is 0.656. The quantitative estimate of drug-likeness (QED) is 0.305. The number of rotatable bonds is 8. The van der Waals surface area contributed by atoms with E-state index in [2.05, 4.69) is 47.2 Å². The highest BCUT2D eigenvalue weighted by molar-refractivity contribution is 5.86. The molecule has 5 aliphatic rings. The van der Waals surface area contributed by atoms with Gasteiger partial charge in [0.1, 0.15) is 18.2 Å². The number of hydrogen-bond donors (Lipinski definition) is 2. The molecule has 2 aliphatic heterocycles. The minimum Gasteiger partial charge on any atom is -0.461 e. The molecule has 8 atom stereocenters. The van der Waals surface area contributed by atoms with Crippen LogP contribution in [0.4, 0.5) is 5.82 Å². The number of carbonyl (C=O) groups is 3. The van der Waals surface area contributed by atoms with Crippen LogP contribution < -0.4 is 10.6 Å². The van der Waals surface area contributed by atoms with Crippen LogP contribution in [0.3, 0.4) is 0 Å². The molecule has 3 saturated carbocycles. The van der Waals surface area contributed by atoms with Crippen molar-refractivity contribution < 1.29 is 24.2 Å². The predicted octanol–water partition coefficient (Wildman–Crippen LogP) is 3.19. The van der Waals surface area contributed by atoms with Crippen molar-refractivity contribution in [2.75, 3.05) is 50.7 Å². The maximum Gasteiger partial charge on any atom is 0.320 e. The molecule has 3 aliphatic carbocycles. The molecule has 2 saturated heterocycles. The van der Waals surface area contributed by atoms with E-state index in [4.69, 9.17) is 10.5 Å². The summed E-state index contributed by atoms with van der Waals surface area (Å²) < 4.78 is 8.38. The number of aryl methyl sites for hydroxylation is 1. The Morgan fingerprint density at radius 1 is 1.06 bits per heavy atom. The van der Waals surface area contributed by atoms with E-state index in [1.165, 1.54) is 0 Å². The van der Waals surface area contributed by atoms with Crippen LogP contribution >= 0.6 is 0 Å². The summed E-state index contributed by atoms with van der Waals surface area (Å²) in [6.07, 6.45) is 9.59. The van der Waals surface area contributed by atoms with Crippen LogP contribution in [0.2, 0.25) is 0 Å². The van der Waals surface area contributed by atoms with Crippen molar-refractivity contribution >= 4 is 34.6 Å². The van der Waals surface area contributed by atoms with Crippen LogP contribution in [-0.4, -0.2) is 116 Å². The molecular weight excluding hydrogens is 660 g/mol. The number of piperidine rings is 1.